The van der Waals surface area contributed by atoms with E-state index in [1.807, 2.05) is 0 Å². The number of rotatable bonds is 4. The molecule has 2 heterocycles. The topological polar surface area (TPSA) is 18.1 Å². The first kappa shape index (κ1) is 26.5. The van der Waals surface area contributed by atoms with E-state index in [9.17, 15) is 0 Å². The van der Waals surface area contributed by atoms with Crippen LogP contribution in [-0.4, -0.2) is 4.57 Å². The SMILES string of the molecule is C/C=C\c1c(C)c(-c2cc(-n3c4ccccc4c4ccccc43)c3oc4ccccc4c3c2)c2ccccc2c1-c1ccccc1. The van der Waals surface area contributed by atoms with Crippen molar-refractivity contribution in [1.29, 1.82) is 0 Å². The number of allylic oxidation sites excluding steroid dienone is 1. The molecule has 0 radical (unpaired) electrons. The molecule has 2 nitrogen and oxygen atoms in total. The minimum Gasteiger partial charge on any atom is -0.454 e. The normalized spacial score (nSPS) is 12.0. The van der Waals surface area contributed by atoms with E-state index >= 15 is 0 Å². The second-order valence-corrected chi connectivity index (χ2v) is 12.0. The fraction of sp³-hybridized carbons (Fsp3) is 0.0455. The molecule has 0 atom stereocenters. The lowest BCUT2D eigenvalue weighted by molar-refractivity contribution is 0.666. The molecule has 2 aromatic heterocycles. The summed E-state index contributed by atoms with van der Waals surface area (Å²) in [7, 11) is 0. The standard InChI is InChI=1S/C44H31NO/c1-3-15-31-28(2)42(35-21-7-8-22-36(35)43(31)29-16-5-4-6-17-29)30-26-37-34-20-11-14-25-41(34)46-44(37)40(27-30)45-38-23-12-9-18-32(38)33-19-10-13-24-39(33)45/h3-27H,1-2H3/b15-3-. The average Bonchev–Trinajstić information content (AvgIpc) is 3.65. The van der Waals surface area contributed by atoms with Crippen LogP contribution in [0.25, 0.3) is 88.5 Å². The van der Waals surface area contributed by atoms with Gasteiger partial charge in [-0.05, 0) is 88.3 Å². The lowest BCUT2D eigenvalue weighted by atomic mass is 9.83. The first-order chi connectivity index (χ1) is 22.7. The Morgan fingerprint density at radius 3 is 1.76 bits per heavy atom. The van der Waals surface area contributed by atoms with E-state index in [1.54, 1.807) is 0 Å². The van der Waals surface area contributed by atoms with E-state index in [0.29, 0.717) is 0 Å². The molecular weight excluding hydrogens is 558 g/mol. The first-order valence-electron chi connectivity index (χ1n) is 15.9. The maximum atomic E-state index is 6.72. The van der Waals surface area contributed by atoms with Crippen LogP contribution in [0.5, 0.6) is 0 Å². The van der Waals surface area contributed by atoms with Crippen molar-refractivity contribution in [2.24, 2.45) is 0 Å². The summed E-state index contributed by atoms with van der Waals surface area (Å²) in [4.78, 5) is 0. The minimum absolute atomic E-state index is 0.896. The van der Waals surface area contributed by atoms with Gasteiger partial charge in [-0.25, -0.2) is 0 Å². The molecule has 9 rings (SSSR count). The molecule has 7 aromatic carbocycles. The zero-order valence-electron chi connectivity index (χ0n) is 25.8. The second-order valence-electron chi connectivity index (χ2n) is 12.0. The largest absolute Gasteiger partial charge is 0.454 e. The quantitative estimate of drug-likeness (QED) is 0.200. The summed E-state index contributed by atoms with van der Waals surface area (Å²) in [6.07, 6.45) is 4.43. The number of fused-ring (bicyclic) bond motifs is 7. The van der Waals surface area contributed by atoms with Crippen LogP contribution in [-0.2, 0) is 0 Å². The number of aromatic nitrogens is 1. The van der Waals surface area contributed by atoms with Crippen molar-refractivity contribution in [2.45, 2.75) is 13.8 Å². The number of hydrogen-bond acceptors (Lipinski definition) is 1. The minimum atomic E-state index is 0.896. The van der Waals surface area contributed by atoms with Crippen LogP contribution >= 0.6 is 0 Å². The van der Waals surface area contributed by atoms with Gasteiger partial charge in [0.1, 0.15) is 5.58 Å². The van der Waals surface area contributed by atoms with Crippen molar-refractivity contribution in [3.8, 4) is 27.9 Å². The van der Waals surface area contributed by atoms with E-state index in [-0.39, 0.29) is 0 Å². The molecule has 0 aliphatic carbocycles. The molecule has 0 fully saturated rings. The highest BCUT2D eigenvalue weighted by Gasteiger charge is 2.22. The summed E-state index contributed by atoms with van der Waals surface area (Å²) in [6, 6.07) is 50.1. The number of nitrogens with zero attached hydrogens (tertiary/aromatic N) is 1. The molecule has 0 aliphatic rings. The summed E-state index contributed by atoms with van der Waals surface area (Å²) in [6.45, 7) is 4.38. The Balaban J connectivity index is 1.46. The molecule has 9 aromatic rings. The number of furan rings is 1. The maximum absolute atomic E-state index is 6.72. The molecule has 0 saturated heterocycles. The van der Waals surface area contributed by atoms with Gasteiger partial charge in [-0.15, -0.1) is 0 Å². The van der Waals surface area contributed by atoms with Gasteiger partial charge in [0.2, 0.25) is 0 Å². The van der Waals surface area contributed by atoms with E-state index in [2.05, 4.69) is 170 Å². The van der Waals surface area contributed by atoms with Crippen LogP contribution in [0.3, 0.4) is 0 Å². The predicted octanol–water partition coefficient (Wildman–Crippen LogP) is 12.5. The van der Waals surface area contributed by atoms with Crippen LogP contribution < -0.4 is 0 Å². The van der Waals surface area contributed by atoms with Gasteiger partial charge in [0.15, 0.2) is 5.58 Å². The molecule has 2 heteroatoms. The molecule has 46 heavy (non-hydrogen) atoms. The average molecular weight is 590 g/mol. The van der Waals surface area contributed by atoms with Gasteiger partial charge in [0, 0.05) is 21.5 Å². The Bertz CT molecular complexity index is 2600. The first-order valence-corrected chi connectivity index (χ1v) is 15.9. The highest BCUT2D eigenvalue weighted by atomic mass is 16.3. The van der Waals surface area contributed by atoms with Gasteiger partial charge in [0.05, 0.1) is 16.7 Å². The van der Waals surface area contributed by atoms with Crippen LogP contribution in [0.15, 0.2) is 150 Å². The summed E-state index contributed by atoms with van der Waals surface area (Å²) >= 11 is 0. The Morgan fingerprint density at radius 2 is 1.09 bits per heavy atom. The monoisotopic (exact) mass is 589 g/mol. The summed E-state index contributed by atoms with van der Waals surface area (Å²) < 4.78 is 9.11. The summed E-state index contributed by atoms with van der Waals surface area (Å²) in [5, 5.41) is 7.20. The van der Waals surface area contributed by atoms with E-state index in [1.165, 1.54) is 66.0 Å². The van der Waals surface area contributed by atoms with Crippen LogP contribution in [0.4, 0.5) is 0 Å². The van der Waals surface area contributed by atoms with Crippen LogP contribution in [0, 0.1) is 6.92 Å². The van der Waals surface area contributed by atoms with Gasteiger partial charge in [0.25, 0.3) is 0 Å². The van der Waals surface area contributed by atoms with E-state index in [0.717, 1.165) is 27.6 Å². The number of para-hydroxylation sites is 3. The summed E-state index contributed by atoms with van der Waals surface area (Å²) in [5.41, 5.74) is 12.6. The van der Waals surface area contributed by atoms with Gasteiger partial charge in [-0.2, -0.15) is 0 Å². The molecule has 0 saturated carbocycles. The van der Waals surface area contributed by atoms with E-state index < -0.39 is 0 Å². The lowest BCUT2D eigenvalue weighted by Crippen LogP contribution is -1.98. The van der Waals surface area contributed by atoms with Crippen molar-refractivity contribution < 1.29 is 4.42 Å². The third-order valence-electron chi connectivity index (χ3n) is 9.48. The van der Waals surface area contributed by atoms with Crippen LogP contribution in [0.2, 0.25) is 0 Å². The predicted molar refractivity (Wildman–Crippen MR) is 196 cm³/mol. The maximum Gasteiger partial charge on any atom is 0.159 e. The highest BCUT2D eigenvalue weighted by molar-refractivity contribution is 6.16. The molecule has 0 spiro atoms. The molecule has 0 unspecified atom stereocenters. The molecular formula is C44H31NO. The molecule has 218 valence electrons. The molecule has 0 N–H and O–H groups in total. The van der Waals surface area contributed by atoms with Gasteiger partial charge < -0.3 is 8.98 Å². The van der Waals surface area contributed by atoms with Gasteiger partial charge >= 0.3 is 0 Å². The van der Waals surface area contributed by atoms with Crippen molar-refractivity contribution in [2.75, 3.05) is 0 Å². The molecule has 0 aliphatic heterocycles. The lowest BCUT2D eigenvalue weighted by Gasteiger charge is -2.21. The molecule has 0 bridgehead atoms. The van der Waals surface area contributed by atoms with Crippen molar-refractivity contribution in [1.82, 2.24) is 4.57 Å². The summed E-state index contributed by atoms with van der Waals surface area (Å²) in [5.74, 6) is 0. The number of benzene rings is 7. The van der Waals surface area contributed by atoms with Gasteiger partial charge in [-0.3, -0.25) is 0 Å². The Morgan fingerprint density at radius 1 is 0.522 bits per heavy atom. The second kappa shape index (κ2) is 10.4. The van der Waals surface area contributed by atoms with Crippen molar-refractivity contribution in [3.05, 3.63) is 157 Å². The third-order valence-corrected chi connectivity index (χ3v) is 9.48. The Hall–Kier alpha value is -5.86. The zero-order valence-corrected chi connectivity index (χ0v) is 25.8. The highest BCUT2D eigenvalue weighted by Crippen LogP contribution is 2.46. The number of hydrogen-bond donors (Lipinski definition) is 0. The smallest absolute Gasteiger partial charge is 0.159 e. The fourth-order valence-electron chi connectivity index (χ4n) is 7.55. The Kier molecular flexibility index (Phi) is 5.97. The van der Waals surface area contributed by atoms with Gasteiger partial charge in [-0.1, -0.05) is 121 Å². The Labute approximate surface area is 267 Å². The fourth-order valence-corrected chi connectivity index (χ4v) is 7.55. The van der Waals surface area contributed by atoms with E-state index in [4.69, 9.17) is 4.42 Å². The van der Waals surface area contributed by atoms with Crippen LogP contribution in [0.1, 0.15) is 18.1 Å². The third kappa shape index (κ3) is 3.83. The zero-order chi connectivity index (χ0) is 30.8. The van der Waals surface area contributed by atoms with Crippen molar-refractivity contribution in [3.63, 3.8) is 0 Å². The molecule has 0 amide bonds. The van der Waals surface area contributed by atoms with Crippen molar-refractivity contribution >= 4 is 60.6 Å².